The Hall–Kier alpha value is -1.12. The summed E-state index contributed by atoms with van der Waals surface area (Å²) in [5, 5.41) is 0. The number of methoxy groups -OCH3 is 1. The summed E-state index contributed by atoms with van der Waals surface area (Å²) in [6.45, 7) is 2.25. The van der Waals surface area contributed by atoms with Crippen LogP contribution < -0.4 is 4.74 Å². The minimum absolute atomic E-state index is 0.0782. The van der Waals surface area contributed by atoms with Gasteiger partial charge in [-0.25, -0.2) is 8.78 Å². The summed E-state index contributed by atoms with van der Waals surface area (Å²) in [5.74, 6) is -0.906. The molecule has 0 bridgehead atoms. The molecule has 2 fully saturated rings. The van der Waals surface area contributed by atoms with Gasteiger partial charge in [0, 0.05) is 12.3 Å². The number of ether oxygens (including phenoxy) is 1. The van der Waals surface area contributed by atoms with Crippen LogP contribution in [0.15, 0.2) is 24.3 Å². The predicted octanol–water partition coefficient (Wildman–Crippen LogP) is 7.60. The third kappa shape index (κ3) is 5.23. The highest BCUT2D eigenvalue weighted by Crippen LogP contribution is 2.51. The second-order valence-electron chi connectivity index (χ2n) is 8.90. The normalized spacial score (nSPS) is 30.8. The van der Waals surface area contributed by atoms with E-state index in [1.807, 2.05) is 12.1 Å². The number of halogens is 2. The molecule has 3 rings (SSSR count). The number of unbranched alkanes of at least 4 members (excludes halogenated alkanes) is 2. The van der Waals surface area contributed by atoms with Gasteiger partial charge in [0.05, 0.1) is 7.11 Å². The van der Waals surface area contributed by atoms with E-state index in [0.717, 1.165) is 23.7 Å². The van der Waals surface area contributed by atoms with Crippen LogP contribution in [-0.4, -0.2) is 13.0 Å². The van der Waals surface area contributed by atoms with Gasteiger partial charge in [-0.05, 0) is 61.1 Å². The number of benzene rings is 1. The molecule has 1 unspecified atom stereocenters. The third-order valence-electron chi connectivity index (χ3n) is 7.16. The summed E-state index contributed by atoms with van der Waals surface area (Å²) < 4.78 is 35.1. The average Bonchev–Trinajstić information content (AvgIpc) is 2.68. The fraction of sp³-hybridized carbons (Fsp3) is 0.750. The molecule has 1 aromatic carbocycles. The molecule has 1 nitrogen and oxygen atoms in total. The first-order valence-electron chi connectivity index (χ1n) is 11.0. The lowest BCUT2D eigenvalue weighted by molar-refractivity contribution is -0.0845. The van der Waals surface area contributed by atoms with E-state index in [0.29, 0.717) is 12.3 Å². The van der Waals surface area contributed by atoms with E-state index in [4.69, 9.17) is 4.74 Å². The summed E-state index contributed by atoms with van der Waals surface area (Å²) >= 11 is 0. The molecule has 27 heavy (non-hydrogen) atoms. The first kappa shape index (κ1) is 20.6. The third-order valence-corrected chi connectivity index (χ3v) is 7.16. The van der Waals surface area contributed by atoms with E-state index >= 15 is 0 Å². The quantitative estimate of drug-likeness (QED) is 0.444. The van der Waals surface area contributed by atoms with E-state index in [-0.39, 0.29) is 12.3 Å². The Morgan fingerprint density at radius 2 is 1.59 bits per heavy atom. The van der Waals surface area contributed by atoms with Crippen molar-refractivity contribution < 1.29 is 13.5 Å². The number of hydrogen-bond acceptors (Lipinski definition) is 1. The maximum Gasteiger partial charge on any atom is 0.255 e. The molecule has 0 saturated heterocycles. The molecule has 0 heterocycles. The first-order valence-corrected chi connectivity index (χ1v) is 11.0. The van der Waals surface area contributed by atoms with Crippen molar-refractivity contribution in [1.29, 1.82) is 0 Å². The fourth-order valence-corrected chi connectivity index (χ4v) is 5.47. The molecular weight excluding hydrogens is 342 g/mol. The van der Waals surface area contributed by atoms with Crippen LogP contribution in [0.25, 0.3) is 0 Å². The molecule has 0 amide bonds. The van der Waals surface area contributed by atoms with E-state index in [1.54, 1.807) is 19.2 Å². The number of hydrogen-bond donors (Lipinski definition) is 0. The topological polar surface area (TPSA) is 9.23 Å². The summed E-state index contributed by atoms with van der Waals surface area (Å²) in [6, 6.07) is 7.24. The van der Waals surface area contributed by atoms with Crippen molar-refractivity contribution in [2.45, 2.75) is 89.4 Å². The summed E-state index contributed by atoms with van der Waals surface area (Å²) in [6.07, 6.45) is 11.8. The lowest BCUT2D eigenvalue weighted by Gasteiger charge is -2.41. The maximum absolute atomic E-state index is 15.0. The maximum atomic E-state index is 15.0. The van der Waals surface area contributed by atoms with Gasteiger partial charge >= 0.3 is 0 Å². The minimum atomic E-state index is -2.59. The monoisotopic (exact) mass is 378 g/mol. The Bertz CT molecular complexity index is 560. The van der Waals surface area contributed by atoms with Crippen LogP contribution in [0.4, 0.5) is 8.78 Å². The van der Waals surface area contributed by atoms with Gasteiger partial charge in [-0.15, -0.1) is 0 Å². The number of alkyl halides is 2. The summed E-state index contributed by atoms with van der Waals surface area (Å²) in [5.41, 5.74) is 0.763. The van der Waals surface area contributed by atoms with Crippen molar-refractivity contribution in [2.24, 2.45) is 17.8 Å². The van der Waals surface area contributed by atoms with Crippen LogP contribution in [-0.2, 0) is 0 Å². The zero-order valence-corrected chi connectivity index (χ0v) is 17.1. The van der Waals surface area contributed by atoms with Crippen LogP contribution in [0.2, 0.25) is 0 Å². The first-order chi connectivity index (χ1) is 13.0. The molecule has 2 saturated carbocycles. The van der Waals surface area contributed by atoms with Gasteiger partial charge in [0.1, 0.15) is 5.75 Å². The van der Waals surface area contributed by atoms with E-state index in [9.17, 15) is 8.78 Å². The van der Waals surface area contributed by atoms with Gasteiger partial charge in [-0.1, -0.05) is 57.6 Å². The summed E-state index contributed by atoms with van der Waals surface area (Å²) in [4.78, 5) is 0. The number of rotatable bonds is 7. The summed E-state index contributed by atoms with van der Waals surface area (Å²) in [7, 11) is 1.60. The molecule has 0 spiro atoms. The van der Waals surface area contributed by atoms with Gasteiger partial charge in [-0.2, -0.15) is 0 Å². The lowest BCUT2D eigenvalue weighted by Crippen LogP contribution is -2.37. The van der Waals surface area contributed by atoms with E-state index in [1.165, 1.54) is 51.4 Å². The molecule has 152 valence electrons. The van der Waals surface area contributed by atoms with Crippen molar-refractivity contribution in [1.82, 2.24) is 0 Å². The smallest absolute Gasteiger partial charge is 0.255 e. The van der Waals surface area contributed by atoms with Crippen molar-refractivity contribution in [3.05, 3.63) is 29.8 Å². The Morgan fingerprint density at radius 3 is 2.19 bits per heavy atom. The van der Waals surface area contributed by atoms with Gasteiger partial charge in [0.2, 0.25) is 0 Å². The standard InChI is InChI=1S/C24H36F2O/c1-3-4-5-6-18-7-9-19(10-8-18)21-13-16-23(24(25,26)17-21)20-11-14-22(27-2)15-12-20/h11-12,14-15,18-19,21,23H,3-10,13,16-17H2,1-2H3/t18?,19?,21?,23-/m1/s1. The highest BCUT2D eigenvalue weighted by molar-refractivity contribution is 5.31. The Kier molecular flexibility index (Phi) is 7.16. The average molecular weight is 379 g/mol. The molecular formula is C24H36F2O. The Labute approximate surface area is 163 Å². The van der Waals surface area contributed by atoms with Crippen molar-refractivity contribution >= 4 is 0 Å². The molecule has 2 aliphatic carbocycles. The Balaban J connectivity index is 1.53. The second kappa shape index (κ2) is 9.39. The van der Waals surface area contributed by atoms with Gasteiger partial charge in [-0.3, -0.25) is 0 Å². The molecule has 0 aliphatic heterocycles. The van der Waals surface area contributed by atoms with Crippen LogP contribution in [0.5, 0.6) is 5.75 Å². The lowest BCUT2D eigenvalue weighted by atomic mass is 9.66. The van der Waals surface area contributed by atoms with Crippen LogP contribution in [0, 0.1) is 17.8 Å². The molecule has 1 aromatic rings. The van der Waals surface area contributed by atoms with Crippen molar-refractivity contribution in [3.8, 4) is 5.75 Å². The highest BCUT2D eigenvalue weighted by Gasteiger charge is 2.47. The molecule has 2 aliphatic rings. The van der Waals surface area contributed by atoms with Crippen molar-refractivity contribution in [2.75, 3.05) is 7.11 Å². The zero-order chi connectivity index (χ0) is 19.3. The fourth-order valence-electron chi connectivity index (χ4n) is 5.47. The largest absolute Gasteiger partial charge is 0.497 e. The highest BCUT2D eigenvalue weighted by atomic mass is 19.3. The van der Waals surface area contributed by atoms with E-state index < -0.39 is 11.8 Å². The molecule has 3 heteroatoms. The second-order valence-corrected chi connectivity index (χ2v) is 8.90. The Morgan fingerprint density at radius 1 is 0.926 bits per heavy atom. The van der Waals surface area contributed by atoms with Crippen LogP contribution in [0.1, 0.15) is 89.0 Å². The SMILES string of the molecule is CCCCCC1CCC(C2CC[C@H](c3ccc(OC)cc3)C(F)(F)C2)CC1. The predicted molar refractivity (Wildman–Crippen MR) is 108 cm³/mol. The molecule has 0 radical (unpaired) electrons. The van der Waals surface area contributed by atoms with Crippen molar-refractivity contribution in [3.63, 3.8) is 0 Å². The molecule has 0 N–H and O–H groups in total. The zero-order valence-electron chi connectivity index (χ0n) is 17.1. The van der Waals surface area contributed by atoms with Gasteiger partial charge < -0.3 is 4.74 Å². The van der Waals surface area contributed by atoms with Gasteiger partial charge in [0.25, 0.3) is 5.92 Å². The van der Waals surface area contributed by atoms with Crippen LogP contribution >= 0.6 is 0 Å². The molecule has 0 aromatic heterocycles. The minimum Gasteiger partial charge on any atom is -0.497 e. The van der Waals surface area contributed by atoms with Gasteiger partial charge in [0.15, 0.2) is 0 Å². The van der Waals surface area contributed by atoms with Crippen LogP contribution in [0.3, 0.4) is 0 Å². The van der Waals surface area contributed by atoms with E-state index in [2.05, 4.69) is 6.92 Å². The molecule has 2 atom stereocenters.